The van der Waals surface area contributed by atoms with Crippen LogP contribution >= 0.6 is 0 Å². The van der Waals surface area contributed by atoms with Gasteiger partial charge in [0.1, 0.15) is 0 Å². The van der Waals surface area contributed by atoms with E-state index < -0.39 is 0 Å². The van der Waals surface area contributed by atoms with E-state index in [-0.39, 0.29) is 5.54 Å². The van der Waals surface area contributed by atoms with E-state index in [1.807, 2.05) is 0 Å². The van der Waals surface area contributed by atoms with Crippen LogP contribution in [0.4, 0.5) is 0 Å². The van der Waals surface area contributed by atoms with Crippen molar-refractivity contribution in [1.29, 1.82) is 0 Å². The van der Waals surface area contributed by atoms with E-state index in [9.17, 15) is 0 Å². The first-order valence-corrected chi connectivity index (χ1v) is 7.93. The zero-order chi connectivity index (χ0) is 13.3. The molecule has 2 aliphatic heterocycles. The lowest BCUT2D eigenvalue weighted by molar-refractivity contribution is 0.0422. The first-order valence-electron chi connectivity index (χ1n) is 7.93. The molecule has 0 aromatic heterocycles. The van der Waals surface area contributed by atoms with Crippen LogP contribution in [0.2, 0.25) is 0 Å². The van der Waals surface area contributed by atoms with Gasteiger partial charge in [-0.2, -0.15) is 0 Å². The predicted molar refractivity (Wildman–Crippen MR) is 77.1 cm³/mol. The molecule has 2 heterocycles. The third kappa shape index (κ3) is 2.47. The Bertz CT molecular complexity index is 351. The molecule has 0 amide bonds. The highest BCUT2D eigenvalue weighted by molar-refractivity contribution is 5.81. The normalized spacial score (nSPS) is 39.0. The highest BCUT2D eigenvalue weighted by Gasteiger charge is 2.45. The van der Waals surface area contributed by atoms with Crippen LogP contribution < -0.4 is 5.73 Å². The van der Waals surface area contributed by atoms with Crippen molar-refractivity contribution in [2.75, 3.05) is 19.7 Å². The number of rotatable bonds is 3. The van der Waals surface area contributed by atoms with Crippen molar-refractivity contribution in [2.24, 2.45) is 16.6 Å². The van der Waals surface area contributed by atoms with Crippen molar-refractivity contribution in [1.82, 2.24) is 4.90 Å². The van der Waals surface area contributed by atoms with Gasteiger partial charge in [0.2, 0.25) is 0 Å². The third-order valence-electron chi connectivity index (χ3n) is 5.30. The van der Waals surface area contributed by atoms with Crippen molar-refractivity contribution < 1.29 is 4.74 Å². The molecule has 0 radical (unpaired) electrons. The fourth-order valence-corrected chi connectivity index (χ4v) is 4.12. The second-order valence-electron chi connectivity index (χ2n) is 6.52. The Morgan fingerprint density at radius 1 is 1.42 bits per heavy atom. The minimum atomic E-state index is 0.217. The SMILES string of the molecule is CCC1CCCC2(CN=C(N)N2CC2CCCO2)C1. The summed E-state index contributed by atoms with van der Waals surface area (Å²) in [6.45, 7) is 5.08. The first kappa shape index (κ1) is 13.2. The molecule has 0 aromatic rings. The second-order valence-corrected chi connectivity index (χ2v) is 6.52. The van der Waals surface area contributed by atoms with Crippen LogP contribution in [0.1, 0.15) is 51.9 Å². The minimum absolute atomic E-state index is 0.217. The lowest BCUT2D eigenvalue weighted by atomic mass is 9.74. The lowest BCUT2D eigenvalue weighted by Gasteiger charge is -2.45. The Morgan fingerprint density at radius 3 is 3.05 bits per heavy atom. The van der Waals surface area contributed by atoms with E-state index >= 15 is 0 Å². The average Bonchev–Trinajstić information content (AvgIpc) is 3.04. The molecule has 4 nitrogen and oxygen atoms in total. The zero-order valence-corrected chi connectivity index (χ0v) is 12.1. The summed E-state index contributed by atoms with van der Waals surface area (Å²) in [4.78, 5) is 6.96. The standard InChI is InChI=1S/C15H27N3O/c1-2-12-5-3-7-15(9-12)11-17-14(16)18(15)10-13-6-4-8-19-13/h12-13H,2-11H2,1H3,(H2,16,17). The number of ether oxygens (including phenoxy) is 1. The summed E-state index contributed by atoms with van der Waals surface area (Å²) in [6, 6.07) is 0. The van der Waals surface area contributed by atoms with Gasteiger partial charge in [-0.25, -0.2) is 0 Å². The van der Waals surface area contributed by atoms with Gasteiger partial charge in [0.15, 0.2) is 5.96 Å². The fraction of sp³-hybridized carbons (Fsp3) is 0.933. The molecule has 0 aromatic carbocycles. The van der Waals surface area contributed by atoms with Gasteiger partial charge in [-0.15, -0.1) is 0 Å². The van der Waals surface area contributed by atoms with Crippen molar-refractivity contribution in [3.63, 3.8) is 0 Å². The maximum atomic E-state index is 6.17. The van der Waals surface area contributed by atoms with E-state index in [4.69, 9.17) is 10.5 Å². The van der Waals surface area contributed by atoms with Crippen LogP contribution in [0.25, 0.3) is 0 Å². The molecule has 4 heteroatoms. The fourth-order valence-electron chi connectivity index (χ4n) is 4.12. The van der Waals surface area contributed by atoms with E-state index in [0.29, 0.717) is 6.10 Å². The topological polar surface area (TPSA) is 50.8 Å². The Morgan fingerprint density at radius 2 is 2.32 bits per heavy atom. The molecule has 19 heavy (non-hydrogen) atoms. The van der Waals surface area contributed by atoms with Gasteiger partial charge in [-0.05, 0) is 31.6 Å². The molecule has 2 fully saturated rings. The Hall–Kier alpha value is -0.770. The van der Waals surface area contributed by atoms with Gasteiger partial charge in [0, 0.05) is 13.2 Å². The predicted octanol–water partition coefficient (Wildman–Crippen LogP) is 2.13. The smallest absolute Gasteiger partial charge is 0.191 e. The van der Waals surface area contributed by atoms with Gasteiger partial charge in [0.05, 0.1) is 18.2 Å². The van der Waals surface area contributed by atoms with Gasteiger partial charge in [-0.1, -0.05) is 26.2 Å². The number of hydrogen-bond acceptors (Lipinski definition) is 4. The largest absolute Gasteiger partial charge is 0.376 e. The number of guanidine groups is 1. The highest BCUT2D eigenvalue weighted by atomic mass is 16.5. The van der Waals surface area contributed by atoms with Crippen LogP contribution in [0.15, 0.2) is 4.99 Å². The van der Waals surface area contributed by atoms with E-state index in [2.05, 4.69) is 16.8 Å². The average molecular weight is 265 g/mol. The summed E-state index contributed by atoms with van der Waals surface area (Å²) in [7, 11) is 0. The van der Waals surface area contributed by atoms with Crippen LogP contribution in [-0.2, 0) is 4.74 Å². The molecular weight excluding hydrogens is 238 g/mol. The van der Waals surface area contributed by atoms with Gasteiger partial charge < -0.3 is 15.4 Å². The highest BCUT2D eigenvalue weighted by Crippen LogP contribution is 2.41. The van der Waals surface area contributed by atoms with E-state index in [0.717, 1.165) is 31.6 Å². The van der Waals surface area contributed by atoms with Gasteiger partial charge in [0.25, 0.3) is 0 Å². The summed E-state index contributed by atoms with van der Waals surface area (Å²) in [5, 5.41) is 0. The first-order chi connectivity index (χ1) is 9.23. The molecule has 108 valence electrons. The summed E-state index contributed by atoms with van der Waals surface area (Å²) in [5.74, 6) is 1.61. The molecule has 1 spiro atoms. The van der Waals surface area contributed by atoms with Crippen molar-refractivity contribution >= 4 is 5.96 Å². The lowest BCUT2D eigenvalue weighted by Crippen LogP contribution is -2.56. The van der Waals surface area contributed by atoms with Crippen molar-refractivity contribution in [2.45, 2.75) is 63.5 Å². The molecule has 1 saturated carbocycles. The van der Waals surface area contributed by atoms with Crippen LogP contribution in [0.5, 0.6) is 0 Å². The maximum absolute atomic E-state index is 6.17. The number of aliphatic imine (C=N–C) groups is 1. The molecule has 0 bridgehead atoms. The van der Waals surface area contributed by atoms with Gasteiger partial charge >= 0.3 is 0 Å². The number of hydrogen-bond donors (Lipinski definition) is 1. The summed E-state index contributed by atoms with van der Waals surface area (Å²) < 4.78 is 5.80. The molecule has 3 aliphatic rings. The quantitative estimate of drug-likeness (QED) is 0.850. The summed E-state index contributed by atoms with van der Waals surface area (Å²) in [6.07, 6.45) is 9.24. The van der Waals surface area contributed by atoms with Crippen LogP contribution in [0.3, 0.4) is 0 Å². The second kappa shape index (κ2) is 5.31. The summed E-state index contributed by atoms with van der Waals surface area (Å²) in [5.41, 5.74) is 6.39. The Labute approximate surface area is 116 Å². The Balaban J connectivity index is 1.72. The van der Waals surface area contributed by atoms with E-state index in [1.54, 1.807) is 0 Å². The third-order valence-corrected chi connectivity index (χ3v) is 5.30. The molecule has 3 unspecified atom stereocenters. The molecular formula is C15H27N3O. The monoisotopic (exact) mass is 265 g/mol. The van der Waals surface area contributed by atoms with Crippen molar-refractivity contribution in [3.8, 4) is 0 Å². The Kier molecular flexibility index (Phi) is 3.70. The molecule has 3 rings (SSSR count). The number of nitrogens with zero attached hydrogens (tertiary/aromatic N) is 2. The van der Waals surface area contributed by atoms with Gasteiger partial charge in [-0.3, -0.25) is 4.99 Å². The minimum Gasteiger partial charge on any atom is -0.376 e. The number of nitrogens with two attached hydrogens (primary N) is 1. The molecule has 1 aliphatic carbocycles. The molecule has 2 N–H and O–H groups in total. The zero-order valence-electron chi connectivity index (χ0n) is 12.1. The summed E-state index contributed by atoms with van der Waals surface area (Å²) >= 11 is 0. The van der Waals surface area contributed by atoms with Crippen molar-refractivity contribution in [3.05, 3.63) is 0 Å². The maximum Gasteiger partial charge on any atom is 0.191 e. The van der Waals surface area contributed by atoms with E-state index in [1.165, 1.54) is 44.9 Å². The molecule has 3 atom stereocenters. The van der Waals surface area contributed by atoms with Crippen LogP contribution in [-0.4, -0.2) is 42.2 Å². The molecule has 1 saturated heterocycles. The van der Waals surface area contributed by atoms with Crippen LogP contribution in [0, 0.1) is 5.92 Å².